The second-order valence-corrected chi connectivity index (χ2v) is 2.64. The number of fused-ring (bicyclic) bond motifs is 1. The Bertz CT molecular complexity index is 443. The van der Waals surface area contributed by atoms with Gasteiger partial charge in [-0.3, -0.25) is 10.8 Å². The molecule has 0 spiro atoms. The lowest BCUT2D eigenvalue weighted by Gasteiger charge is -2.04. The van der Waals surface area contributed by atoms with Gasteiger partial charge in [0, 0.05) is 11.6 Å². The van der Waals surface area contributed by atoms with Gasteiger partial charge in [0.25, 0.3) is 0 Å². The second-order valence-electron chi connectivity index (χ2n) is 2.64. The topological polar surface area (TPSA) is 50.9 Å². The van der Waals surface area contributed by atoms with Crippen LogP contribution in [0.2, 0.25) is 0 Å². The molecule has 0 amide bonds. The predicted molar refractivity (Wildman–Crippen MR) is 60.9 cm³/mol. The molecule has 1 aromatic heterocycles. The molecule has 1 heterocycles. The number of hydrazine groups is 1. The minimum atomic E-state index is -0.338. The Morgan fingerprint density at radius 3 is 2.67 bits per heavy atom. The molecule has 1 aromatic carbocycles. The standard InChI is InChI=1S/C9H8FN3.C2H6/c10-7-3-1-2-6-8(13-11)4-5-12-9(6)7;1-2/h1-5H,11H2,(H,12,13);1-2H3. The number of hydrogen-bond donors (Lipinski definition) is 2. The molecule has 0 fully saturated rings. The van der Waals surface area contributed by atoms with Crippen molar-refractivity contribution < 1.29 is 4.39 Å². The molecule has 0 aliphatic heterocycles. The lowest BCUT2D eigenvalue weighted by Crippen LogP contribution is -2.07. The molecule has 0 unspecified atom stereocenters. The van der Waals surface area contributed by atoms with Crippen LogP contribution >= 0.6 is 0 Å². The Morgan fingerprint density at radius 2 is 2.00 bits per heavy atom. The molecule has 0 radical (unpaired) electrons. The maximum absolute atomic E-state index is 13.2. The van der Waals surface area contributed by atoms with Gasteiger partial charge in [-0.2, -0.15) is 0 Å². The first kappa shape index (κ1) is 11.4. The van der Waals surface area contributed by atoms with E-state index < -0.39 is 0 Å². The van der Waals surface area contributed by atoms with E-state index in [0.29, 0.717) is 16.6 Å². The Kier molecular flexibility index (Phi) is 4.00. The molecule has 2 rings (SSSR count). The average Bonchev–Trinajstić information content (AvgIpc) is 2.32. The van der Waals surface area contributed by atoms with E-state index in [1.165, 1.54) is 12.3 Å². The average molecular weight is 207 g/mol. The number of aromatic nitrogens is 1. The van der Waals surface area contributed by atoms with Crippen molar-refractivity contribution in [2.24, 2.45) is 5.84 Å². The van der Waals surface area contributed by atoms with Gasteiger partial charge in [-0.1, -0.05) is 26.0 Å². The number of para-hydroxylation sites is 1. The van der Waals surface area contributed by atoms with Gasteiger partial charge in [0.15, 0.2) is 0 Å². The summed E-state index contributed by atoms with van der Waals surface area (Å²) in [5.41, 5.74) is 3.49. The van der Waals surface area contributed by atoms with Gasteiger partial charge in [-0.15, -0.1) is 0 Å². The molecular weight excluding hydrogens is 193 g/mol. The van der Waals surface area contributed by atoms with Crippen LogP contribution in [0.15, 0.2) is 30.5 Å². The summed E-state index contributed by atoms with van der Waals surface area (Å²) in [6, 6.07) is 6.46. The van der Waals surface area contributed by atoms with Crippen LogP contribution in [0.5, 0.6) is 0 Å². The van der Waals surface area contributed by atoms with E-state index >= 15 is 0 Å². The van der Waals surface area contributed by atoms with Crippen LogP contribution in [0.25, 0.3) is 10.9 Å². The normalized spacial score (nSPS) is 9.33. The molecule has 2 aromatic rings. The Balaban J connectivity index is 0.000000531. The third-order valence-electron chi connectivity index (χ3n) is 1.88. The summed E-state index contributed by atoms with van der Waals surface area (Å²) in [7, 11) is 0. The van der Waals surface area contributed by atoms with Gasteiger partial charge < -0.3 is 5.43 Å². The van der Waals surface area contributed by atoms with E-state index in [0.717, 1.165) is 0 Å². The van der Waals surface area contributed by atoms with Crippen LogP contribution in [0.3, 0.4) is 0 Å². The first-order chi connectivity index (χ1) is 7.33. The summed E-state index contributed by atoms with van der Waals surface area (Å²) < 4.78 is 13.2. The number of benzene rings is 1. The highest BCUT2D eigenvalue weighted by Gasteiger charge is 2.03. The van der Waals surface area contributed by atoms with Crippen LogP contribution in [0, 0.1) is 5.82 Å². The van der Waals surface area contributed by atoms with E-state index in [-0.39, 0.29) is 5.82 Å². The quantitative estimate of drug-likeness (QED) is 0.558. The van der Waals surface area contributed by atoms with Crippen LogP contribution in [0.4, 0.5) is 10.1 Å². The molecule has 0 aliphatic carbocycles. The summed E-state index contributed by atoms with van der Waals surface area (Å²) in [4.78, 5) is 3.92. The van der Waals surface area contributed by atoms with Crippen LogP contribution in [0.1, 0.15) is 13.8 Å². The molecule has 0 bridgehead atoms. The van der Waals surface area contributed by atoms with Crippen molar-refractivity contribution in [3.05, 3.63) is 36.3 Å². The summed E-state index contributed by atoms with van der Waals surface area (Å²) >= 11 is 0. The van der Waals surface area contributed by atoms with Gasteiger partial charge in [0.2, 0.25) is 0 Å². The number of nitrogens with two attached hydrogens (primary N) is 1. The van der Waals surface area contributed by atoms with E-state index in [9.17, 15) is 4.39 Å². The molecule has 0 saturated carbocycles. The SMILES string of the molecule is CC.NNc1ccnc2c(F)cccc12. The number of anilines is 1. The second kappa shape index (κ2) is 5.26. The number of nitrogens with zero attached hydrogens (tertiary/aromatic N) is 1. The van der Waals surface area contributed by atoms with Crippen molar-refractivity contribution in [1.82, 2.24) is 4.98 Å². The van der Waals surface area contributed by atoms with Crippen molar-refractivity contribution in [3.63, 3.8) is 0 Å². The Labute approximate surface area is 88.1 Å². The number of nitrogens with one attached hydrogen (secondary N) is 1. The van der Waals surface area contributed by atoms with Gasteiger partial charge in [0.05, 0.1) is 5.69 Å². The minimum Gasteiger partial charge on any atom is -0.323 e. The molecule has 3 nitrogen and oxygen atoms in total. The fraction of sp³-hybridized carbons (Fsp3) is 0.182. The van der Waals surface area contributed by atoms with Crippen LogP contribution < -0.4 is 11.3 Å². The number of nitrogen functional groups attached to an aromatic ring is 1. The third kappa shape index (κ3) is 2.22. The monoisotopic (exact) mass is 207 g/mol. The Morgan fingerprint density at radius 1 is 1.27 bits per heavy atom. The van der Waals surface area contributed by atoms with Gasteiger partial charge in [-0.05, 0) is 12.1 Å². The fourth-order valence-electron chi connectivity index (χ4n) is 1.27. The molecule has 80 valence electrons. The zero-order chi connectivity index (χ0) is 11.3. The van der Waals surface area contributed by atoms with Crippen LogP contribution in [-0.4, -0.2) is 4.98 Å². The molecule has 15 heavy (non-hydrogen) atoms. The molecule has 3 N–H and O–H groups in total. The first-order valence-electron chi connectivity index (χ1n) is 4.83. The highest BCUT2D eigenvalue weighted by Crippen LogP contribution is 2.21. The molecule has 0 atom stereocenters. The van der Waals surface area contributed by atoms with E-state index in [1.54, 1.807) is 18.2 Å². The van der Waals surface area contributed by atoms with Crippen LogP contribution in [-0.2, 0) is 0 Å². The largest absolute Gasteiger partial charge is 0.323 e. The zero-order valence-corrected chi connectivity index (χ0v) is 8.79. The molecule has 4 heteroatoms. The van der Waals surface area contributed by atoms with Crippen molar-refractivity contribution in [2.45, 2.75) is 13.8 Å². The number of rotatable bonds is 1. The number of halogens is 1. The lowest BCUT2D eigenvalue weighted by molar-refractivity contribution is 0.637. The lowest BCUT2D eigenvalue weighted by atomic mass is 10.2. The van der Waals surface area contributed by atoms with Gasteiger partial charge in [-0.25, -0.2) is 4.39 Å². The van der Waals surface area contributed by atoms with Crippen molar-refractivity contribution >= 4 is 16.6 Å². The molecule has 0 saturated heterocycles. The first-order valence-corrected chi connectivity index (χ1v) is 4.83. The molecule has 0 aliphatic rings. The maximum atomic E-state index is 13.2. The van der Waals surface area contributed by atoms with E-state index in [4.69, 9.17) is 5.84 Å². The fourth-order valence-corrected chi connectivity index (χ4v) is 1.27. The summed E-state index contributed by atoms with van der Waals surface area (Å²) in [5, 5.41) is 0.685. The van der Waals surface area contributed by atoms with Crippen molar-refractivity contribution in [3.8, 4) is 0 Å². The third-order valence-corrected chi connectivity index (χ3v) is 1.88. The predicted octanol–water partition coefficient (Wildman–Crippen LogP) is 2.69. The van der Waals surface area contributed by atoms with E-state index in [1.807, 2.05) is 13.8 Å². The van der Waals surface area contributed by atoms with Crippen molar-refractivity contribution in [1.29, 1.82) is 0 Å². The highest BCUT2D eigenvalue weighted by molar-refractivity contribution is 5.90. The Hall–Kier alpha value is -1.68. The summed E-state index contributed by atoms with van der Waals surface area (Å²) in [5.74, 6) is 4.93. The highest BCUT2D eigenvalue weighted by atomic mass is 19.1. The van der Waals surface area contributed by atoms with Crippen molar-refractivity contribution in [2.75, 3.05) is 5.43 Å². The van der Waals surface area contributed by atoms with E-state index in [2.05, 4.69) is 10.4 Å². The summed E-state index contributed by atoms with van der Waals surface area (Å²) in [6.45, 7) is 4.00. The van der Waals surface area contributed by atoms with Gasteiger partial charge >= 0.3 is 0 Å². The number of hydrogen-bond acceptors (Lipinski definition) is 3. The smallest absolute Gasteiger partial charge is 0.149 e. The minimum absolute atomic E-state index is 0.331. The maximum Gasteiger partial charge on any atom is 0.149 e. The van der Waals surface area contributed by atoms with Gasteiger partial charge in [0.1, 0.15) is 11.3 Å². The number of pyridine rings is 1. The zero-order valence-electron chi connectivity index (χ0n) is 8.79. The molecular formula is C11H14FN3. The summed E-state index contributed by atoms with van der Waals surface area (Å²) in [6.07, 6.45) is 1.51.